The van der Waals surface area contributed by atoms with E-state index in [0.717, 1.165) is 19.3 Å². The first kappa shape index (κ1) is 15.2. The third kappa shape index (κ3) is 8.48. The van der Waals surface area contributed by atoms with E-state index in [9.17, 15) is 4.79 Å². The molecule has 0 bridgehead atoms. The Morgan fingerprint density at radius 3 is 2.44 bits per heavy atom. The van der Waals surface area contributed by atoms with Crippen molar-refractivity contribution in [1.29, 1.82) is 0 Å². The number of aliphatic hydroxyl groups excluding tert-OH is 1. The fraction of sp³-hybridized carbons (Fsp3) is 0.769. The van der Waals surface area contributed by atoms with Gasteiger partial charge in [-0.05, 0) is 46.0 Å². The van der Waals surface area contributed by atoms with Crippen molar-refractivity contribution in [3.63, 3.8) is 0 Å². The summed E-state index contributed by atoms with van der Waals surface area (Å²) in [6.07, 6.45) is 4.25. The van der Waals surface area contributed by atoms with Crippen molar-refractivity contribution < 1.29 is 14.6 Å². The van der Waals surface area contributed by atoms with Crippen molar-refractivity contribution in [2.24, 2.45) is 5.92 Å². The van der Waals surface area contributed by atoms with Crippen LogP contribution in [0.15, 0.2) is 11.6 Å². The van der Waals surface area contributed by atoms with Crippen LogP contribution in [0.2, 0.25) is 0 Å². The van der Waals surface area contributed by atoms with Gasteiger partial charge in [0.05, 0.1) is 6.61 Å². The lowest BCUT2D eigenvalue weighted by molar-refractivity contribution is -0.152. The van der Waals surface area contributed by atoms with Gasteiger partial charge in [0.15, 0.2) is 0 Å². The number of carbonyl (C=O) groups excluding carboxylic acids is 1. The first-order valence-corrected chi connectivity index (χ1v) is 5.91. The van der Waals surface area contributed by atoms with Crippen LogP contribution in [0, 0.1) is 5.92 Å². The largest absolute Gasteiger partial charge is 0.464 e. The second-order valence-electron chi connectivity index (χ2n) is 4.60. The second kappa shape index (κ2) is 8.34. The molecule has 3 nitrogen and oxygen atoms in total. The Hall–Kier alpha value is -0.830. The molecule has 1 unspecified atom stereocenters. The number of hydrogen-bond acceptors (Lipinski definition) is 3. The Morgan fingerprint density at radius 1 is 1.31 bits per heavy atom. The van der Waals surface area contributed by atoms with Crippen molar-refractivity contribution in [2.75, 3.05) is 6.61 Å². The fourth-order valence-corrected chi connectivity index (χ4v) is 1.28. The number of rotatable bonds is 7. The normalized spacial score (nSPS) is 14.1. The van der Waals surface area contributed by atoms with Crippen molar-refractivity contribution in [3.05, 3.63) is 11.6 Å². The highest BCUT2D eigenvalue weighted by atomic mass is 16.5. The summed E-state index contributed by atoms with van der Waals surface area (Å²) in [5.41, 5.74) is 1.34. The van der Waals surface area contributed by atoms with E-state index < -0.39 is 12.1 Å². The van der Waals surface area contributed by atoms with E-state index >= 15 is 0 Å². The molecule has 0 radical (unpaired) electrons. The summed E-state index contributed by atoms with van der Waals surface area (Å²) in [7, 11) is 0. The van der Waals surface area contributed by atoms with Crippen LogP contribution in [0.4, 0.5) is 0 Å². The molecule has 0 rings (SSSR count). The number of carbonyl (C=O) groups is 1. The molecule has 0 spiro atoms. The highest BCUT2D eigenvalue weighted by Gasteiger charge is 2.10. The maximum atomic E-state index is 10.9. The molecule has 0 fully saturated rings. The van der Waals surface area contributed by atoms with E-state index in [2.05, 4.69) is 26.8 Å². The maximum absolute atomic E-state index is 10.9. The van der Waals surface area contributed by atoms with Gasteiger partial charge in [-0.1, -0.05) is 18.6 Å². The van der Waals surface area contributed by atoms with Gasteiger partial charge in [-0.2, -0.15) is 0 Å². The number of allylic oxidation sites excluding steroid dienone is 2. The van der Waals surface area contributed by atoms with Crippen molar-refractivity contribution >= 4 is 5.97 Å². The van der Waals surface area contributed by atoms with Crippen LogP contribution >= 0.6 is 0 Å². The van der Waals surface area contributed by atoms with Crippen LogP contribution in [0.25, 0.3) is 0 Å². The molecular weight excluding hydrogens is 204 g/mol. The van der Waals surface area contributed by atoms with Gasteiger partial charge in [0, 0.05) is 0 Å². The molecule has 0 saturated heterocycles. The minimum atomic E-state index is -1.01. The lowest BCUT2D eigenvalue weighted by atomic mass is 10.0. The van der Waals surface area contributed by atoms with Gasteiger partial charge in [0.1, 0.15) is 6.10 Å². The SMILES string of the molecule is CC(C)=CCC[C@H](C)CCOC(=O)C(C)O. The molecule has 1 N–H and O–H groups in total. The molecule has 0 amide bonds. The van der Waals surface area contributed by atoms with Gasteiger partial charge in [-0.3, -0.25) is 0 Å². The van der Waals surface area contributed by atoms with E-state index in [0.29, 0.717) is 12.5 Å². The monoisotopic (exact) mass is 228 g/mol. The smallest absolute Gasteiger partial charge is 0.334 e. The summed E-state index contributed by atoms with van der Waals surface area (Å²) in [6, 6.07) is 0. The van der Waals surface area contributed by atoms with Gasteiger partial charge >= 0.3 is 5.97 Å². The number of hydrogen-bond donors (Lipinski definition) is 1. The van der Waals surface area contributed by atoms with Crippen LogP contribution < -0.4 is 0 Å². The molecule has 0 heterocycles. The average Bonchev–Trinajstić information content (AvgIpc) is 2.16. The zero-order valence-corrected chi connectivity index (χ0v) is 10.8. The van der Waals surface area contributed by atoms with E-state index in [1.807, 2.05) is 0 Å². The quantitative estimate of drug-likeness (QED) is 0.538. The molecular formula is C13H24O3. The second-order valence-corrected chi connectivity index (χ2v) is 4.60. The molecule has 0 aliphatic heterocycles. The minimum absolute atomic E-state index is 0.403. The van der Waals surface area contributed by atoms with Crippen LogP contribution in [0.5, 0.6) is 0 Å². The lowest BCUT2D eigenvalue weighted by Crippen LogP contribution is -2.20. The molecule has 0 saturated carbocycles. The standard InChI is InChI=1S/C13H24O3/c1-10(2)6-5-7-11(3)8-9-16-13(15)12(4)14/h6,11-12,14H,5,7-9H2,1-4H3/t11-,12?/m0/s1. The molecule has 3 heteroatoms. The summed E-state index contributed by atoms with van der Waals surface area (Å²) >= 11 is 0. The zero-order chi connectivity index (χ0) is 12.6. The van der Waals surface area contributed by atoms with Crippen LogP contribution in [-0.2, 0) is 9.53 Å². The minimum Gasteiger partial charge on any atom is -0.464 e. The van der Waals surface area contributed by atoms with Crippen LogP contribution in [0.3, 0.4) is 0 Å². The molecule has 2 atom stereocenters. The average molecular weight is 228 g/mol. The molecule has 0 aromatic rings. The van der Waals surface area contributed by atoms with Gasteiger partial charge in [0.25, 0.3) is 0 Å². The summed E-state index contributed by atoms with van der Waals surface area (Å²) < 4.78 is 4.90. The van der Waals surface area contributed by atoms with E-state index in [4.69, 9.17) is 9.84 Å². The highest BCUT2D eigenvalue weighted by molar-refractivity contribution is 5.73. The van der Waals surface area contributed by atoms with E-state index in [1.165, 1.54) is 12.5 Å². The molecule has 94 valence electrons. The van der Waals surface area contributed by atoms with Crippen LogP contribution in [0.1, 0.15) is 47.0 Å². The maximum Gasteiger partial charge on any atom is 0.334 e. The Balaban J connectivity index is 3.54. The predicted octanol–water partition coefficient (Wildman–Crippen LogP) is 2.68. The summed E-state index contributed by atoms with van der Waals surface area (Å²) in [4.78, 5) is 10.9. The lowest BCUT2D eigenvalue weighted by Gasteiger charge is -2.11. The third-order valence-electron chi connectivity index (χ3n) is 2.41. The van der Waals surface area contributed by atoms with Crippen LogP contribution in [-0.4, -0.2) is 23.8 Å². The Kier molecular flexibility index (Phi) is 7.90. The Bertz CT molecular complexity index is 227. The predicted molar refractivity (Wildman–Crippen MR) is 65.1 cm³/mol. The third-order valence-corrected chi connectivity index (χ3v) is 2.41. The Labute approximate surface area is 98.5 Å². The zero-order valence-electron chi connectivity index (χ0n) is 10.8. The first-order chi connectivity index (χ1) is 7.43. The van der Waals surface area contributed by atoms with Gasteiger partial charge in [-0.25, -0.2) is 4.79 Å². The molecule has 16 heavy (non-hydrogen) atoms. The van der Waals surface area contributed by atoms with Gasteiger partial charge in [0.2, 0.25) is 0 Å². The van der Waals surface area contributed by atoms with Gasteiger partial charge in [-0.15, -0.1) is 0 Å². The molecule has 0 aromatic heterocycles. The van der Waals surface area contributed by atoms with Crippen molar-refractivity contribution in [2.45, 2.75) is 53.1 Å². The summed E-state index contributed by atoms with van der Waals surface area (Å²) in [6.45, 7) is 8.15. The van der Waals surface area contributed by atoms with Crippen molar-refractivity contribution in [3.8, 4) is 0 Å². The number of aliphatic hydroxyl groups is 1. The topological polar surface area (TPSA) is 46.5 Å². The summed E-state index contributed by atoms with van der Waals surface area (Å²) in [5.74, 6) is 0.00824. The van der Waals surface area contributed by atoms with Gasteiger partial charge < -0.3 is 9.84 Å². The molecule has 0 aliphatic carbocycles. The van der Waals surface area contributed by atoms with Crippen molar-refractivity contribution in [1.82, 2.24) is 0 Å². The molecule has 0 aliphatic rings. The molecule has 0 aromatic carbocycles. The fourth-order valence-electron chi connectivity index (χ4n) is 1.28. The first-order valence-electron chi connectivity index (χ1n) is 5.91. The summed E-state index contributed by atoms with van der Waals surface area (Å²) in [5, 5.41) is 8.91. The Morgan fingerprint density at radius 2 is 1.94 bits per heavy atom. The highest BCUT2D eigenvalue weighted by Crippen LogP contribution is 2.11. The number of ether oxygens (including phenoxy) is 1. The number of esters is 1. The van der Waals surface area contributed by atoms with E-state index in [-0.39, 0.29) is 0 Å². The van der Waals surface area contributed by atoms with E-state index in [1.54, 1.807) is 0 Å².